The van der Waals surface area contributed by atoms with Crippen molar-refractivity contribution >= 4 is 49.3 Å². The number of rotatable bonds is 3. The molecule has 3 nitrogen and oxygen atoms in total. The smallest absolute Gasteiger partial charge is 0.0541 e. The molecule has 7 rings (SSSR count). The van der Waals surface area contributed by atoms with E-state index in [2.05, 4.69) is 143 Å². The molecule has 0 aliphatic heterocycles. The molecule has 0 saturated carbocycles. The third-order valence-electron chi connectivity index (χ3n) is 7.08. The van der Waals surface area contributed by atoms with Gasteiger partial charge in [-0.25, -0.2) is 0 Å². The van der Waals surface area contributed by atoms with Crippen molar-refractivity contribution in [3.8, 4) is 11.4 Å². The summed E-state index contributed by atoms with van der Waals surface area (Å²) in [6, 6.07) is 41.7. The summed E-state index contributed by atoms with van der Waals surface area (Å²) in [7, 11) is 4.22. The molecule has 0 amide bonds. The van der Waals surface area contributed by atoms with Crippen LogP contribution in [-0.2, 0) is 0 Å². The third kappa shape index (κ3) is 2.91. The molecular weight excluding hydrogens is 426 g/mol. The van der Waals surface area contributed by atoms with E-state index in [1.54, 1.807) is 0 Å². The maximum absolute atomic E-state index is 2.40. The minimum absolute atomic E-state index is 1.16. The molecule has 7 aromatic rings. The normalized spacial score (nSPS) is 11.7. The Hall–Kier alpha value is -4.50. The first kappa shape index (κ1) is 19.9. The lowest BCUT2D eigenvalue weighted by Gasteiger charge is -2.19. The Balaban J connectivity index is 1.60. The van der Waals surface area contributed by atoms with E-state index in [1.165, 1.54) is 49.3 Å². The summed E-state index contributed by atoms with van der Waals surface area (Å²) in [5.74, 6) is 0. The van der Waals surface area contributed by atoms with Gasteiger partial charge < -0.3 is 14.0 Å². The highest BCUT2D eigenvalue weighted by Crippen LogP contribution is 2.36. The first-order valence-corrected chi connectivity index (χ1v) is 12.0. The van der Waals surface area contributed by atoms with Crippen LogP contribution in [0.5, 0.6) is 0 Å². The molecule has 0 fully saturated rings. The van der Waals surface area contributed by atoms with E-state index in [-0.39, 0.29) is 0 Å². The highest BCUT2D eigenvalue weighted by molar-refractivity contribution is 6.10. The molecule has 2 heterocycles. The predicted octanol–water partition coefficient (Wildman–Crippen LogP) is 7.95. The van der Waals surface area contributed by atoms with Gasteiger partial charge in [0.1, 0.15) is 0 Å². The van der Waals surface area contributed by atoms with Gasteiger partial charge in [0.15, 0.2) is 0 Å². The van der Waals surface area contributed by atoms with Gasteiger partial charge in [-0.1, -0.05) is 72.8 Å². The van der Waals surface area contributed by atoms with Crippen LogP contribution in [-0.4, -0.2) is 23.2 Å². The first-order valence-electron chi connectivity index (χ1n) is 12.0. The zero-order valence-corrected chi connectivity index (χ0v) is 19.8. The highest BCUT2D eigenvalue weighted by atomic mass is 15.1. The fraction of sp³-hybridized carbons (Fsp3) is 0.0625. The van der Waals surface area contributed by atoms with E-state index >= 15 is 0 Å². The zero-order valence-electron chi connectivity index (χ0n) is 19.8. The second kappa shape index (κ2) is 7.51. The molecule has 0 aliphatic rings. The van der Waals surface area contributed by atoms with E-state index in [0.29, 0.717) is 0 Å². The van der Waals surface area contributed by atoms with Crippen LogP contribution in [0.3, 0.4) is 0 Å². The van der Waals surface area contributed by atoms with Crippen LogP contribution in [0, 0.1) is 0 Å². The SMILES string of the molecule is CN(C)c1cc(-n2c3ccccc3c3ccccc32)cc(-n2c3ccccc3c3ccccc32)c1. The van der Waals surface area contributed by atoms with Gasteiger partial charge in [-0.2, -0.15) is 0 Å². The molecule has 3 heteroatoms. The molecule has 0 unspecified atom stereocenters. The molecule has 0 bridgehead atoms. The van der Waals surface area contributed by atoms with E-state index in [9.17, 15) is 0 Å². The number of fused-ring (bicyclic) bond motifs is 6. The molecule has 5 aromatic carbocycles. The number of hydrogen-bond acceptors (Lipinski definition) is 1. The summed E-state index contributed by atoms with van der Waals surface area (Å²) in [5.41, 5.74) is 8.36. The number of hydrogen-bond donors (Lipinski definition) is 0. The van der Waals surface area contributed by atoms with E-state index in [4.69, 9.17) is 0 Å². The van der Waals surface area contributed by atoms with Crippen molar-refractivity contribution in [3.05, 3.63) is 115 Å². The van der Waals surface area contributed by atoms with Crippen molar-refractivity contribution in [2.45, 2.75) is 0 Å². The Morgan fingerprint density at radius 2 is 0.743 bits per heavy atom. The Morgan fingerprint density at radius 1 is 0.429 bits per heavy atom. The van der Waals surface area contributed by atoms with Crippen LogP contribution < -0.4 is 4.90 Å². The summed E-state index contributed by atoms with van der Waals surface area (Å²) in [4.78, 5) is 2.19. The van der Waals surface area contributed by atoms with Crippen LogP contribution in [0.1, 0.15) is 0 Å². The lowest BCUT2D eigenvalue weighted by Crippen LogP contribution is -2.10. The lowest BCUT2D eigenvalue weighted by molar-refractivity contribution is 1.09. The van der Waals surface area contributed by atoms with Gasteiger partial charge in [-0.15, -0.1) is 0 Å². The van der Waals surface area contributed by atoms with Crippen molar-refractivity contribution in [1.82, 2.24) is 9.13 Å². The third-order valence-corrected chi connectivity index (χ3v) is 7.08. The number of nitrogens with zero attached hydrogens (tertiary/aromatic N) is 3. The van der Waals surface area contributed by atoms with Crippen LogP contribution in [0.25, 0.3) is 55.0 Å². The maximum atomic E-state index is 2.40. The Labute approximate surface area is 204 Å². The van der Waals surface area contributed by atoms with Gasteiger partial charge in [0, 0.05) is 41.3 Å². The first-order chi connectivity index (χ1) is 17.2. The molecule has 168 valence electrons. The second-order valence-electron chi connectivity index (χ2n) is 9.34. The molecular formula is C32H25N3. The van der Waals surface area contributed by atoms with Crippen molar-refractivity contribution in [1.29, 1.82) is 0 Å². The monoisotopic (exact) mass is 451 g/mol. The summed E-state index contributed by atoms with van der Waals surface area (Å²) in [5, 5.41) is 5.10. The molecule has 0 saturated heterocycles. The van der Waals surface area contributed by atoms with Crippen molar-refractivity contribution < 1.29 is 0 Å². The maximum Gasteiger partial charge on any atom is 0.0541 e. The molecule has 0 spiro atoms. The van der Waals surface area contributed by atoms with Gasteiger partial charge in [-0.05, 0) is 42.5 Å². The number of aromatic nitrogens is 2. The number of anilines is 1. The molecule has 0 aliphatic carbocycles. The summed E-state index contributed by atoms with van der Waals surface area (Å²) in [6.45, 7) is 0. The summed E-state index contributed by atoms with van der Waals surface area (Å²) in [6.07, 6.45) is 0. The highest BCUT2D eigenvalue weighted by Gasteiger charge is 2.16. The number of benzene rings is 5. The van der Waals surface area contributed by atoms with Gasteiger partial charge in [-0.3, -0.25) is 0 Å². The van der Waals surface area contributed by atoms with Gasteiger partial charge in [0.2, 0.25) is 0 Å². The Morgan fingerprint density at radius 3 is 1.06 bits per heavy atom. The van der Waals surface area contributed by atoms with Crippen molar-refractivity contribution in [2.24, 2.45) is 0 Å². The van der Waals surface area contributed by atoms with Crippen molar-refractivity contribution in [3.63, 3.8) is 0 Å². The lowest BCUT2D eigenvalue weighted by atomic mass is 10.2. The largest absolute Gasteiger partial charge is 0.378 e. The van der Waals surface area contributed by atoms with Crippen LogP contribution in [0.15, 0.2) is 115 Å². The van der Waals surface area contributed by atoms with Gasteiger partial charge in [0.05, 0.1) is 33.4 Å². The van der Waals surface area contributed by atoms with E-state index < -0.39 is 0 Å². The zero-order chi connectivity index (χ0) is 23.5. The van der Waals surface area contributed by atoms with Crippen molar-refractivity contribution in [2.75, 3.05) is 19.0 Å². The molecule has 0 atom stereocenters. The molecule has 0 N–H and O–H groups in total. The fourth-order valence-electron chi connectivity index (χ4n) is 5.50. The topological polar surface area (TPSA) is 13.1 Å². The quantitative estimate of drug-likeness (QED) is 0.266. The van der Waals surface area contributed by atoms with Crippen LogP contribution in [0.4, 0.5) is 5.69 Å². The van der Waals surface area contributed by atoms with Crippen LogP contribution in [0.2, 0.25) is 0 Å². The van der Waals surface area contributed by atoms with Gasteiger partial charge in [0.25, 0.3) is 0 Å². The average molecular weight is 452 g/mol. The molecule has 2 aromatic heterocycles. The summed E-state index contributed by atoms with van der Waals surface area (Å²) >= 11 is 0. The van der Waals surface area contributed by atoms with Crippen LogP contribution >= 0.6 is 0 Å². The molecule has 0 radical (unpaired) electrons. The second-order valence-corrected chi connectivity index (χ2v) is 9.34. The standard InChI is InChI=1S/C32H25N3/c1-33(2)22-19-23(34-29-15-7-3-11-25(29)26-12-4-8-16-30(26)34)21-24(20-22)35-31-17-9-5-13-27(31)28-14-6-10-18-32(28)35/h3-21H,1-2H3. The minimum Gasteiger partial charge on any atom is -0.378 e. The predicted molar refractivity (Wildman–Crippen MR) is 149 cm³/mol. The molecule has 35 heavy (non-hydrogen) atoms. The number of para-hydroxylation sites is 4. The Kier molecular flexibility index (Phi) is 4.27. The van der Waals surface area contributed by atoms with E-state index in [1.807, 2.05) is 0 Å². The fourth-order valence-corrected chi connectivity index (χ4v) is 5.50. The Bertz CT molecular complexity index is 1650. The van der Waals surface area contributed by atoms with E-state index in [0.717, 1.165) is 11.4 Å². The van der Waals surface area contributed by atoms with Gasteiger partial charge >= 0.3 is 0 Å². The minimum atomic E-state index is 1.16. The summed E-state index contributed by atoms with van der Waals surface area (Å²) < 4.78 is 4.80. The average Bonchev–Trinajstić information content (AvgIpc) is 3.42.